The van der Waals surface area contributed by atoms with Crippen molar-refractivity contribution in [3.63, 3.8) is 0 Å². The van der Waals surface area contributed by atoms with Crippen molar-refractivity contribution >= 4 is 17.4 Å². The largest absolute Gasteiger partial charge is 0.403 e. The molecule has 1 aliphatic carbocycles. The number of amides is 1. The SMILES string of the molecule is Nc1nc(-c2cc(-c3ccon3)n(Cc3ccccc3F)n2)ncc1NC(=O)C1(C(F)(F)F)CC1. The summed E-state index contributed by atoms with van der Waals surface area (Å²) in [5, 5.41) is 10.5. The van der Waals surface area contributed by atoms with Gasteiger partial charge >= 0.3 is 6.18 Å². The lowest BCUT2D eigenvalue weighted by Gasteiger charge is -2.18. The van der Waals surface area contributed by atoms with Crippen LogP contribution in [0.25, 0.3) is 22.9 Å². The van der Waals surface area contributed by atoms with Gasteiger partial charge in [-0.25, -0.2) is 14.4 Å². The molecule has 35 heavy (non-hydrogen) atoms. The molecular weight excluding hydrogens is 470 g/mol. The molecule has 0 aliphatic heterocycles. The summed E-state index contributed by atoms with van der Waals surface area (Å²) in [6.07, 6.45) is -2.74. The van der Waals surface area contributed by atoms with E-state index in [1.807, 2.05) is 0 Å². The number of benzene rings is 1. The van der Waals surface area contributed by atoms with Gasteiger partial charge < -0.3 is 15.6 Å². The van der Waals surface area contributed by atoms with E-state index in [1.54, 1.807) is 30.3 Å². The van der Waals surface area contributed by atoms with Gasteiger partial charge in [0.25, 0.3) is 0 Å². The van der Waals surface area contributed by atoms with Gasteiger partial charge in [-0.05, 0) is 25.0 Å². The third kappa shape index (κ3) is 4.09. The Kier molecular flexibility index (Phi) is 5.26. The van der Waals surface area contributed by atoms with Crippen molar-refractivity contribution in [2.75, 3.05) is 11.1 Å². The number of nitrogen functional groups attached to an aromatic ring is 1. The summed E-state index contributed by atoms with van der Waals surface area (Å²) in [7, 11) is 0. The van der Waals surface area contributed by atoms with Gasteiger partial charge in [-0.1, -0.05) is 23.4 Å². The first-order chi connectivity index (χ1) is 16.7. The average Bonchev–Trinajstić information content (AvgIpc) is 3.28. The molecular formula is C22H17F4N7O2. The maximum atomic E-state index is 14.2. The summed E-state index contributed by atoms with van der Waals surface area (Å²) in [6.45, 7) is 0.0675. The summed E-state index contributed by atoms with van der Waals surface area (Å²) in [5.41, 5.74) is 4.90. The number of carbonyl (C=O) groups is 1. The standard InChI is InChI=1S/C22H17F4N7O2/c23-13-4-2-1-3-12(13)11-33-17(14-5-8-35-32-14)9-15(31-33)19-28-10-16(18(27)30-19)29-20(34)21(6-7-21)22(24,25)26/h1-5,8-10H,6-7,11H2,(H,29,34)(H2,27,28,30). The minimum Gasteiger partial charge on any atom is -0.382 e. The fourth-order valence-corrected chi connectivity index (χ4v) is 3.61. The van der Waals surface area contributed by atoms with Crippen molar-refractivity contribution in [1.82, 2.24) is 24.9 Å². The predicted molar refractivity (Wildman–Crippen MR) is 115 cm³/mol. The second-order valence-electron chi connectivity index (χ2n) is 8.08. The van der Waals surface area contributed by atoms with Gasteiger partial charge in [-0.2, -0.15) is 18.3 Å². The van der Waals surface area contributed by atoms with E-state index >= 15 is 0 Å². The zero-order valence-electron chi connectivity index (χ0n) is 17.9. The molecule has 0 saturated heterocycles. The second-order valence-corrected chi connectivity index (χ2v) is 8.08. The van der Waals surface area contributed by atoms with Crippen LogP contribution in [0.5, 0.6) is 0 Å². The van der Waals surface area contributed by atoms with Gasteiger partial charge in [0.15, 0.2) is 11.6 Å². The summed E-state index contributed by atoms with van der Waals surface area (Å²) in [4.78, 5) is 20.4. The Balaban J connectivity index is 1.44. The molecule has 1 aliphatic rings. The number of anilines is 2. The topological polar surface area (TPSA) is 125 Å². The molecule has 0 bridgehead atoms. The lowest BCUT2D eigenvalue weighted by molar-refractivity contribution is -0.189. The molecule has 0 atom stereocenters. The summed E-state index contributed by atoms with van der Waals surface area (Å²) in [5.74, 6) is -1.79. The molecule has 0 unspecified atom stereocenters. The van der Waals surface area contributed by atoms with E-state index in [1.165, 1.54) is 17.0 Å². The molecule has 3 N–H and O–H groups in total. The third-order valence-corrected chi connectivity index (χ3v) is 5.78. The van der Waals surface area contributed by atoms with Crippen LogP contribution in [-0.2, 0) is 11.3 Å². The van der Waals surface area contributed by atoms with E-state index in [9.17, 15) is 22.4 Å². The normalized spacial score (nSPS) is 14.6. The van der Waals surface area contributed by atoms with E-state index in [2.05, 4.69) is 25.5 Å². The van der Waals surface area contributed by atoms with Crippen LogP contribution in [0.4, 0.5) is 29.1 Å². The fourth-order valence-electron chi connectivity index (χ4n) is 3.61. The van der Waals surface area contributed by atoms with Gasteiger partial charge in [0.2, 0.25) is 5.91 Å². The van der Waals surface area contributed by atoms with Crippen LogP contribution >= 0.6 is 0 Å². The van der Waals surface area contributed by atoms with Crippen molar-refractivity contribution in [2.45, 2.75) is 25.6 Å². The highest BCUT2D eigenvalue weighted by atomic mass is 19.4. The van der Waals surface area contributed by atoms with Crippen LogP contribution in [0.1, 0.15) is 18.4 Å². The number of nitrogens with one attached hydrogen (secondary N) is 1. The van der Waals surface area contributed by atoms with Gasteiger partial charge in [-0.3, -0.25) is 9.48 Å². The van der Waals surface area contributed by atoms with E-state index in [0.717, 1.165) is 6.20 Å². The first-order valence-corrected chi connectivity index (χ1v) is 10.4. The zero-order valence-corrected chi connectivity index (χ0v) is 17.9. The van der Waals surface area contributed by atoms with Crippen LogP contribution < -0.4 is 11.1 Å². The van der Waals surface area contributed by atoms with Gasteiger partial charge in [0.05, 0.1) is 18.4 Å². The van der Waals surface area contributed by atoms with Crippen LogP contribution in [0.3, 0.4) is 0 Å². The minimum atomic E-state index is -4.66. The molecule has 3 heterocycles. The first-order valence-electron chi connectivity index (χ1n) is 10.4. The molecule has 1 saturated carbocycles. The number of carbonyl (C=O) groups excluding carboxylic acids is 1. The predicted octanol–water partition coefficient (Wildman–Crippen LogP) is 4.05. The Labute approximate surface area is 195 Å². The molecule has 0 radical (unpaired) electrons. The maximum absolute atomic E-state index is 14.2. The van der Waals surface area contributed by atoms with Crippen LogP contribution in [0.15, 0.2) is 53.4 Å². The number of nitrogens with zero attached hydrogens (tertiary/aromatic N) is 5. The molecule has 5 rings (SSSR count). The second kappa shape index (κ2) is 8.18. The highest BCUT2D eigenvalue weighted by Gasteiger charge is 2.68. The minimum absolute atomic E-state index is 0.0504. The quantitative estimate of drug-likeness (QED) is 0.393. The molecule has 1 fully saturated rings. The van der Waals surface area contributed by atoms with E-state index in [4.69, 9.17) is 10.3 Å². The molecule has 9 nitrogen and oxygen atoms in total. The van der Waals surface area contributed by atoms with Gasteiger partial charge in [-0.15, -0.1) is 0 Å². The highest BCUT2D eigenvalue weighted by molar-refractivity contribution is 5.99. The van der Waals surface area contributed by atoms with E-state index in [-0.39, 0.29) is 42.4 Å². The first kappa shape index (κ1) is 22.5. The number of aromatic nitrogens is 5. The van der Waals surface area contributed by atoms with E-state index in [0.29, 0.717) is 17.0 Å². The van der Waals surface area contributed by atoms with Crippen molar-refractivity contribution in [2.24, 2.45) is 5.41 Å². The molecule has 4 aromatic rings. The lowest BCUT2D eigenvalue weighted by Crippen LogP contribution is -2.37. The Morgan fingerprint density at radius 1 is 1.20 bits per heavy atom. The van der Waals surface area contributed by atoms with Crippen molar-refractivity contribution < 1.29 is 26.9 Å². The summed E-state index contributed by atoms with van der Waals surface area (Å²) in [6, 6.07) is 9.40. The maximum Gasteiger partial charge on any atom is 0.403 e. The molecule has 1 aromatic carbocycles. The van der Waals surface area contributed by atoms with Gasteiger partial charge in [0.1, 0.15) is 34.6 Å². The van der Waals surface area contributed by atoms with Crippen molar-refractivity contribution in [3.05, 3.63) is 60.2 Å². The monoisotopic (exact) mass is 487 g/mol. The fraction of sp³-hybridized carbons (Fsp3) is 0.227. The molecule has 3 aromatic heterocycles. The van der Waals surface area contributed by atoms with Crippen molar-refractivity contribution in [1.29, 1.82) is 0 Å². The number of halogens is 4. The third-order valence-electron chi connectivity index (χ3n) is 5.78. The molecule has 13 heteroatoms. The number of hydrogen-bond donors (Lipinski definition) is 2. The van der Waals surface area contributed by atoms with E-state index < -0.39 is 23.3 Å². The lowest BCUT2D eigenvalue weighted by atomic mass is 10.1. The molecule has 0 spiro atoms. The summed E-state index contributed by atoms with van der Waals surface area (Å²) < 4.78 is 60.2. The molecule has 180 valence electrons. The summed E-state index contributed by atoms with van der Waals surface area (Å²) >= 11 is 0. The Morgan fingerprint density at radius 3 is 2.60 bits per heavy atom. The van der Waals surface area contributed by atoms with Crippen LogP contribution in [0, 0.1) is 11.2 Å². The average molecular weight is 487 g/mol. The Morgan fingerprint density at radius 2 is 1.97 bits per heavy atom. The Hall–Kier alpha value is -4.29. The zero-order chi connectivity index (χ0) is 24.8. The smallest absolute Gasteiger partial charge is 0.382 e. The molecule has 1 amide bonds. The number of alkyl halides is 3. The Bertz CT molecular complexity index is 1400. The van der Waals surface area contributed by atoms with Crippen molar-refractivity contribution in [3.8, 4) is 22.9 Å². The number of hydrogen-bond acceptors (Lipinski definition) is 7. The van der Waals surface area contributed by atoms with Crippen LogP contribution in [0.2, 0.25) is 0 Å². The number of nitrogens with two attached hydrogens (primary N) is 1. The van der Waals surface area contributed by atoms with Gasteiger partial charge in [0, 0.05) is 11.6 Å². The van der Waals surface area contributed by atoms with Crippen LogP contribution in [-0.4, -0.2) is 37.0 Å². The highest BCUT2D eigenvalue weighted by Crippen LogP contribution is 2.58. The number of rotatable bonds is 6.